The molecule has 2 rings (SSSR count). The highest BCUT2D eigenvalue weighted by Gasteiger charge is 2.50. The number of benzene rings is 1. The van der Waals surface area contributed by atoms with E-state index in [-0.39, 0.29) is 0 Å². The van der Waals surface area contributed by atoms with Gasteiger partial charge >= 0.3 is 5.97 Å². The smallest absolute Gasteiger partial charge is 0.309 e. The molecule has 104 valence electrons. The molecule has 3 heteroatoms. The van der Waals surface area contributed by atoms with Gasteiger partial charge in [0.05, 0.1) is 12.5 Å². The van der Waals surface area contributed by atoms with E-state index in [0.717, 1.165) is 35.3 Å². The molecule has 1 aliphatic rings. The quantitative estimate of drug-likeness (QED) is 0.883. The van der Waals surface area contributed by atoms with E-state index in [1.54, 1.807) is 7.11 Å². The predicted molar refractivity (Wildman–Crippen MR) is 74.8 cm³/mol. The van der Waals surface area contributed by atoms with Crippen LogP contribution in [0.5, 0.6) is 5.75 Å². The Bertz CT molecular complexity index is 499. The zero-order valence-corrected chi connectivity index (χ0v) is 12.1. The summed E-state index contributed by atoms with van der Waals surface area (Å²) in [6.07, 6.45) is 2.23. The molecule has 0 atom stereocenters. The third-order valence-corrected chi connectivity index (χ3v) is 4.15. The minimum Gasteiger partial charge on any atom is -0.496 e. The van der Waals surface area contributed by atoms with Crippen LogP contribution in [0.15, 0.2) is 12.1 Å². The molecule has 0 amide bonds. The first kappa shape index (κ1) is 13.9. The molecule has 0 radical (unpaired) electrons. The number of rotatable bonds is 5. The third kappa shape index (κ3) is 2.60. The number of methoxy groups -OCH3 is 1. The Morgan fingerprint density at radius 1 is 1.42 bits per heavy atom. The van der Waals surface area contributed by atoms with Crippen molar-refractivity contribution in [1.82, 2.24) is 0 Å². The first-order valence-electron chi connectivity index (χ1n) is 6.80. The van der Waals surface area contributed by atoms with Crippen molar-refractivity contribution in [3.8, 4) is 5.75 Å². The number of hydrogen-bond acceptors (Lipinski definition) is 2. The molecule has 0 saturated heterocycles. The summed E-state index contributed by atoms with van der Waals surface area (Å²) >= 11 is 0. The first-order chi connectivity index (χ1) is 8.89. The molecule has 0 bridgehead atoms. The zero-order valence-electron chi connectivity index (χ0n) is 12.1. The van der Waals surface area contributed by atoms with E-state index in [1.165, 1.54) is 0 Å². The zero-order chi connectivity index (χ0) is 14.2. The van der Waals surface area contributed by atoms with E-state index in [4.69, 9.17) is 4.74 Å². The van der Waals surface area contributed by atoms with Gasteiger partial charge < -0.3 is 9.84 Å². The van der Waals surface area contributed by atoms with Crippen LogP contribution in [0, 0.1) is 12.3 Å². The molecule has 1 aromatic rings. The summed E-state index contributed by atoms with van der Waals surface area (Å²) in [6, 6.07) is 4.16. The van der Waals surface area contributed by atoms with E-state index in [0.29, 0.717) is 12.3 Å². The monoisotopic (exact) mass is 262 g/mol. The molecule has 19 heavy (non-hydrogen) atoms. The summed E-state index contributed by atoms with van der Waals surface area (Å²) in [5.74, 6) is 0.611. The Hall–Kier alpha value is -1.51. The highest BCUT2D eigenvalue weighted by molar-refractivity contribution is 5.78. The van der Waals surface area contributed by atoms with Gasteiger partial charge in [0.15, 0.2) is 0 Å². The van der Waals surface area contributed by atoms with Gasteiger partial charge in [-0.1, -0.05) is 19.9 Å². The molecular weight excluding hydrogens is 240 g/mol. The lowest BCUT2D eigenvalue weighted by atomic mass is 9.89. The summed E-state index contributed by atoms with van der Waals surface area (Å²) in [5.41, 5.74) is 2.91. The van der Waals surface area contributed by atoms with Gasteiger partial charge in [0.25, 0.3) is 0 Å². The van der Waals surface area contributed by atoms with Gasteiger partial charge in [-0.25, -0.2) is 0 Å². The summed E-state index contributed by atoms with van der Waals surface area (Å²) in [5, 5.41) is 9.31. The molecule has 1 saturated carbocycles. The van der Waals surface area contributed by atoms with Gasteiger partial charge in [-0.15, -0.1) is 0 Å². The Morgan fingerprint density at radius 3 is 2.47 bits per heavy atom. The second-order valence-electron chi connectivity index (χ2n) is 5.94. The second-order valence-corrected chi connectivity index (χ2v) is 5.94. The third-order valence-electron chi connectivity index (χ3n) is 4.15. The first-order valence-corrected chi connectivity index (χ1v) is 6.80. The number of carboxylic acids is 1. The molecular formula is C16H22O3. The molecule has 3 nitrogen and oxygen atoms in total. The highest BCUT2D eigenvalue weighted by atomic mass is 16.5. The Morgan fingerprint density at radius 2 is 2.05 bits per heavy atom. The van der Waals surface area contributed by atoms with Gasteiger partial charge in [0, 0.05) is 0 Å². The van der Waals surface area contributed by atoms with Gasteiger partial charge in [-0.2, -0.15) is 0 Å². The second kappa shape index (κ2) is 4.87. The van der Waals surface area contributed by atoms with Crippen molar-refractivity contribution in [2.75, 3.05) is 7.11 Å². The Balaban J connectivity index is 2.36. The fourth-order valence-electron chi connectivity index (χ4n) is 2.55. The van der Waals surface area contributed by atoms with Crippen LogP contribution < -0.4 is 4.74 Å². The highest BCUT2D eigenvalue weighted by Crippen LogP contribution is 2.49. The minimum atomic E-state index is -0.659. The van der Waals surface area contributed by atoms with Crippen molar-refractivity contribution in [3.63, 3.8) is 0 Å². The van der Waals surface area contributed by atoms with Crippen molar-refractivity contribution >= 4 is 5.97 Å². The average molecular weight is 262 g/mol. The van der Waals surface area contributed by atoms with E-state index in [9.17, 15) is 9.90 Å². The fourth-order valence-corrected chi connectivity index (χ4v) is 2.55. The van der Waals surface area contributed by atoms with E-state index >= 15 is 0 Å². The van der Waals surface area contributed by atoms with Gasteiger partial charge in [-0.3, -0.25) is 4.79 Å². The van der Waals surface area contributed by atoms with Crippen molar-refractivity contribution in [2.24, 2.45) is 5.41 Å². The van der Waals surface area contributed by atoms with E-state index in [1.807, 2.05) is 13.0 Å². The maximum Gasteiger partial charge on any atom is 0.309 e. The molecule has 1 N–H and O–H groups in total. The summed E-state index contributed by atoms with van der Waals surface area (Å²) in [6.45, 7) is 6.28. The predicted octanol–water partition coefficient (Wildman–Crippen LogP) is 3.53. The van der Waals surface area contributed by atoms with E-state index < -0.39 is 11.4 Å². The summed E-state index contributed by atoms with van der Waals surface area (Å²) in [7, 11) is 1.68. The van der Waals surface area contributed by atoms with Crippen molar-refractivity contribution in [2.45, 2.75) is 46.0 Å². The lowest BCUT2D eigenvalue weighted by molar-refractivity contribution is -0.143. The molecule has 1 aliphatic carbocycles. The fraction of sp³-hybridized carbons (Fsp3) is 0.562. The number of aryl methyl sites for hydroxylation is 1. The molecule has 0 unspecified atom stereocenters. The van der Waals surface area contributed by atoms with Crippen LogP contribution in [0.2, 0.25) is 0 Å². The lowest BCUT2D eigenvalue weighted by Gasteiger charge is -2.18. The van der Waals surface area contributed by atoms with Gasteiger partial charge in [0.2, 0.25) is 0 Å². The molecule has 1 fully saturated rings. The topological polar surface area (TPSA) is 46.5 Å². The maximum absolute atomic E-state index is 11.3. The van der Waals surface area contributed by atoms with Crippen LogP contribution >= 0.6 is 0 Å². The molecule has 0 aromatic heterocycles. The maximum atomic E-state index is 11.3. The summed E-state index contributed by atoms with van der Waals surface area (Å²) in [4.78, 5) is 11.3. The van der Waals surface area contributed by atoms with E-state index in [2.05, 4.69) is 19.9 Å². The lowest BCUT2D eigenvalue weighted by Crippen LogP contribution is -2.18. The summed E-state index contributed by atoms with van der Waals surface area (Å²) < 4.78 is 5.42. The molecule has 0 spiro atoms. The van der Waals surface area contributed by atoms with Gasteiger partial charge in [-0.05, 0) is 54.9 Å². The largest absolute Gasteiger partial charge is 0.496 e. The number of carbonyl (C=O) groups is 1. The van der Waals surface area contributed by atoms with Crippen molar-refractivity contribution in [3.05, 3.63) is 28.8 Å². The number of ether oxygens (including phenoxy) is 1. The standard InChI is InChI=1S/C16H22O3/c1-10(2)13-8-12(11(3)7-14(13)19-4)9-16(5-6-16)15(17)18/h7-8,10H,5-6,9H2,1-4H3,(H,17,18). The van der Waals surface area contributed by atoms with Crippen LogP contribution in [-0.4, -0.2) is 18.2 Å². The molecule has 0 heterocycles. The number of aliphatic carboxylic acids is 1. The van der Waals surface area contributed by atoms with Crippen LogP contribution in [-0.2, 0) is 11.2 Å². The number of carboxylic acid groups (broad SMARTS) is 1. The molecule has 0 aliphatic heterocycles. The Kier molecular flexibility index (Phi) is 3.57. The van der Waals surface area contributed by atoms with Crippen LogP contribution in [0.25, 0.3) is 0 Å². The molecule has 1 aromatic carbocycles. The average Bonchev–Trinajstić information content (AvgIpc) is 3.12. The van der Waals surface area contributed by atoms with Crippen molar-refractivity contribution < 1.29 is 14.6 Å². The van der Waals surface area contributed by atoms with Crippen LogP contribution in [0.1, 0.15) is 49.3 Å². The number of hydrogen-bond donors (Lipinski definition) is 1. The van der Waals surface area contributed by atoms with Crippen LogP contribution in [0.4, 0.5) is 0 Å². The minimum absolute atomic E-state index is 0.370. The van der Waals surface area contributed by atoms with Crippen molar-refractivity contribution in [1.29, 1.82) is 0 Å². The Labute approximate surface area is 114 Å². The van der Waals surface area contributed by atoms with Gasteiger partial charge in [0.1, 0.15) is 5.75 Å². The van der Waals surface area contributed by atoms with Crippen LogP contribution in [0.3, 0.4) is 0 Å². The SMILES string of the molecule is COc1cc(C)c(CC2(C(=O)O)CC2)cc1C(C)C. The normalized spacial score (nSPS) is 16.5.